The molecule has 94 valence electrons. The summed E-state index contributed by atoms with van der Waals surface area (Å²) >= 11 is 1.88. The van der Waals surface area contributed by atoms with E-state index >= 15 is 0 Å². The molecule has 0 aliphatic carbocycles. The zero-order valence-electron chi connectivity index (χ0n) is 9.93. The van der Waals surface area contributed by atoms with Crippen LogP contribution < -0.4 is 5.32 Å². The summed E-state index contributed by atoms with van der Waals surface area (Å²) in [4.78, 5) is 13.7. The molecule has 2 rings (SSSR count). The van der Waals surface area contributed by atoms with Crippen LogP contribution in [0.5, 0.6) is 0 Å². The molecule has 7 heteroatoms. The molecule has 0 bridgehead atoms. The van der Waals surface area contributed by atoms with E-state index in [0.717, 1.165) is 37.6 Å². The molecule has 1 aromatic heterocycles. The van der Waals surface area contributed by atoms with E-state index in [1.807, 2.05) is 16.7 Å². The van der Waals surface area contributed by atoms with Crippen molar-refractivity contribution in [3.8, 4) is 0 Å². The quantitative estimate of drug-likeness (QED) is 0.883. The van der Waals surface area contributed by atoms with E-state index in [2.05, 4.69) is 22.6 Å². The van der Waals surface area contributed by atoms with Gasteiger partial charge in [0.15, 0.2) is 5.82 Å². The molecule has 0 aromatic carbocycles. The molecule has 6 nitrogen and oxygen atoms in total. The number of aryl methyl sites for hydroxylation is 1. The summed E-state index contributed by atoms with van der Waals surface area (Å²) < 4.78 is 1.74. The maximum absolute atomic E-state index is 11.9. The van der Waals surface area contributed by atoms with Gasteiger partial charge in [-0.15, -0.1) is 5.10 Å². The lowest BCUT2D eigenvalue weighted by Crippen LogP contribution is -2.40. The van der Waals surface area contributed by atoms with E-state index in [0.29, 0.717) is 5.82 Å². The van der Waals surface area contributed by atoms with Crippen molar-refractivity contribution >= 4 is 23.6 Å². The highest BCUT2D eigenvalue weighted by atomic mass is 32.2. The van der Waals surface area contributed by atoms with E-state index in [-0.39, 0.29) is 6.03 Å². The first-order valence-electron chi connectivity index (χ1n) is 5.83. The highest BCUT2D eigenvalue weighted by molar-refractivity contribution is 7.99. The van der Waals surface area contributed by atoms with E-state index in [9.17, 15) is 4.79 Å². The fraction of sp³-hybridized carbons (Fsp3) is 0.700. The predicted molar refractivity (Wildman–Crippen MR) is 68.2 cm³/mol. The second-order valence-electron chi connectivity index (χ2n) is 3.90. The lowest BCUT2D eigenvalue weighted by Gasteiger charge is -2.25. The van der Waals surface area contributed by atoms with Crippen LogP contribution >= 0.6 is 11.8 Å². The van der Waals surface area contributed by atoms with Crippen LogP contribution in [0.4, 0.5) is 10.6 Å². The van der Waals surface area contributed by atoms with E-state index in [1.165, 1.54) is 0 Å². The van der Waals surface area contributed by atoms with Gasteiger partial charge in [0.25, 0.3) is 0 Å². The fourth-order valence-electron chi connectivity index (χ4n) is 1.65. The van der Waals surface area contributed by atoms with Gasteiger partial charge in [0.2, 0.25) is 0 Å². The second-order valence-corrected chi connectivity index (χ2v) is 5.12. The van der Waals surface area contributed by atoms with Crippen LogP contribution in [-0.2, 0) is 6.54 Å². The molecule has 2 amide bonds. The van der Waals surface area contributed by atoms with Crippen LogP contribution in [0.1, 0.15) is 13.3 Å². The molecular formula is C10H17N5OS. The van der Waals surface area contributed by atoms with Gasteiger partial charge in [-0.05, 0) is 6.42 Å². The molecule has 1 fully saturated rings. The predicted octanol–water partition coefficient (Wildman–Crippen LogP) is 1.27. The van der Waals surface area contributed by atoms with Crippen molar-refractivity contribution < 1.29 is 4.79 Å². The zero-order valence-corrected chi connectivity index (χ0v) is 10.7. The van der Waals surface area contributed by atoms with Crippen LogP contribution in [0.3, 0.4) is 0 Å². The summed E-state index contributed by atoms with van der Waals surface area (Å²) in [7, 11) is 0. The smallest absolute Gasteiger partial charge is 0.323 e. The third-order valence-corrected chi connectivity index (χ3v) is 3.47. The highest BCUT2D eigenvalue weighted by Gasteiger charge is 2.17. The normalized spacial score (nSPS) is 15.9. The van der Waals surface area contributed by atoms with E-state index < -0.39 is 0 Å². The third kappa shape index (κ3) is 3.36. The molecule has 2 heterocycles. The summed E-state index contributed by atoms with van der Waals surface area (Å²) in [6.45, 7) is 4.51. The fourth-order valence-corrected chi connectivity index (χ4v) is 2.55. The summed E-state index contributed by atoms with van der Waals surface area (Å²) in [6, 6.07) is -0.0751. The number of carbonyl (C=O) groups is 1. The number of nitrogens with one attached hydrogen (secondary N) is 1. The van der Waals surface area contributed by atoms with Gasteiger partial charge in [-0.3, -0.25) is 10.00 Å². The largest absolute Gasteiger partial charge is 0.323 e. The minimum Gasteiger partial charge on any atom is -0.323 e. The number of hydrogen-bond donors (Lipinski definition) is 1. The number of nitrogens with zero attached hydrogens (tertiary/aromatic N) is 4. The average molecular weight is 255 g/mol. The van der Waals surface area contributed by atoms with Gasteiger partial charge in [0.05, 0.1) is 6.20 Å². The van der Waals surface area contributed by atoms with Gasteiger partial charge in [0, 0.05) is 31.1 Å². The maximum Gasteiger partial charge on any atom is 0.323 e. The molecule has 1 aromatic rings. The van der Waals surface area contributed by atoms with Crippen LogP contribution in [0.2, 0.25) is 0 Å². The Balaban J connectivity index is 1.88. The minimum absolute atomic E-state index is 0.0751. The summed E-state index contributed by atoms with van der Waals surface area (Å²) in [5, 5.41) is 10.6. The number of anilines is 1. The Morgan fingerprint density at radius 1 is 1.53 bits per heavy atom. The minimum atomic E-state index is -0.0751. The van der Waals surface area contributed by atoms with Crippen LogP contribution in [0.25, 0.3) is 0 Å². The Bertz CT molecular complexity index is 375. The molecule has 0 atom stereocenters. The van der Waals surface area contributed by atoms with E-state index in [1.54, 1.807) is 10.9 Å². The Hall–Kier alpha value is -1.24. The summed E-state index contributed by atoms with van der Waals surface area (Å²) in [5.41, 5.74) is 0. The van der Waals surface area contributed by atoms with Crippen molar-refractivity contribution in [3.63, 3.8) is 0 Å². The molecular weight excluding hydrogens is 238 g/mol. The van der Waals surface area contributed by atoms with Crippen molar-refractivity contribution in [1.82, 2.24) is 19.9 Å². The lowest BCUT2D eigenvalue weighted by molar-refractivity contribution is 0.217. The number of aromatic nitrogens is 3. The number of urea groups is 1. The number of thioether (sulfide) groups is 1. The maximum atomic E-state index is 11.9. The Kier molecular flexibility index (Phi) is 4.24. The van der Waals surface area contributed by atoms with Crippen LogP contribution in [0, 0.1) is 0 Å². The third-order valence-electron chi connectivity index (χ3n) is 2.52. The number of hydrogen-bond acceptors (Lipinski definition) is 4. The van der Waals surface area contributed by atoms with Gasteiger partial charge in [-0.2, -0.15) is 11.8 Å². The van der Waals surface area contributed by atoms with Gasteiger partial charge in [-0.25, -0.2) is 4.79 Å². The van der Waals surface area contributed by atoms with Gasteiger partial charge in [-0.1, -0.05) is 12.1 Å². The van der Waals surface area contributed by atoms with Crippen molar-refractivity contribution in [1.29, 1.82) is 0 Å². The monoisotopic (exact) mass is 255 g/mol. The molecule has 0 unspecified atom stereocenters. The topological polar surface area (TPSA) is 63.1 Å². The SMILES string of the molecule is CCCn1cc(NC(=O)N2CCSCC2)nn1. The highest BCUT2D eigenvalue weighted by Crippen LogP contribution is 2.10. The summed E-state index contributed by atoms with van der Waals surface area (Å²) in [6.07, 6.45) is 2.76. The lowest BCUT2D eigenvalue weighted by atomic mass is 10.5. The van der Waals surface area contributed by atoms with Crippen molar-refractivity contribution in [2.45, 2.75) is 19.9 Å². The average Bonchev–Trinajstić information content (AvgIpc) is 2.78. The van der Waals surface area contributed by atoms with Gasteiger partial charge < -0.3 is 4.90 Å². The van der Waals surface area contributed by atoms with Crippen molar-refractivity contribution in [3.05, 3.63) is 6.20 Å². The Morgan fingerprint density at radius 3 is 3.00 bits per heavy atom. The molecule has 1 saturated heterocycles. The van der Waals surface area contributed by atoms with E-state index in [4.69, 9.17) is 0 Å². The molecule has 0 saturated carbocycles. The van der Waals surface area contributed by atoms with Crippen molar-refractivity contribution in [2.24, 2.45) is 0 Å². The first-order chi connectivity index (χ1) is 8.29. The zero-order chi connectivity index (χ0) is 12.1. The first-order valence-corrected chi connectivity index (χ1v) is 6.99. The first kappa shape index (κ1) is 12.2. The molecule has 17 heavy (non-hydrogen) atoms. The molecule has 0 radical (unpaired) electrons. The molecule has 1 aliphatic rings. The van der Waals surface area contributed by atoms with Crippen LogP contribution in [-0.4, -0.2) is 50.5 Å². The molecule has 1 aliphatic heterocycles. The Morgan fingerprint density at radius 2 is 2.29 bits per heavy atom. The van der Waals surface area contributed by atoms with Crippen LogP contribution in [0.15, 0.2) is 6.20 Å². The van der Waals surface area contributed by atoms with Gasteiger partial charge in [0.1, 0.15) is 0 Å². The van der Waals surface area contributed by atoms with Crippen molar-refractivity contribution in [2.75, 3.05) is 29.9 Å². The standard InChI is InChI=1S/C10H17N5OS/c1-2-3-15-8-9(12-13-15)11-10(16)14-4-6-17-7-5-14/h8H,2-7H2,1H3,(H,11,16). The molecule has 0 spiro atoms. The second kappa shape index (κ2) is 5.90. The van der Waals surface area contributed by atoms with Gasteiger partial charge >= 0.3 is 6.03 Å². The Labute approximate surface area is 105 Å². The summed E-state index contributed by atoms with van der Waals surface area (Å²) in [5.74, 6) is 2.55. The molecule has 1 N–H and O–H groups in total. The number of carbonyl (C=O) groups excluding carboxylic acids is 1. The number of amides is 2. The number of rotatable bonds is 3.